The molecule has 0 saturated heterocycles. The molecule has 0 radical (unpaired) electrons. The maximum Gasteiger partial charge on any atom is 0.168 e. The lowest BCUT2D eigenvalue weighted by Gasteiger charge is -2.20. The number of aliphatic hydroxyl groups excluding tert-OH is 1. The predicted molar refractivity (Wildman–Crippen MR) is 88.8 cm³/mol. The van der Waals surface area contributed by atoms with Crippen LogP contribution in [0.4, 0.5) is 0 Å². The van der Waals surface area contributed by atoms with Crippen molar-refractivity contribution >= 4 is 16.6 Å². The minimum atomic E-state index is -0.821. The highest BCUT2D eigenvalue weighted by Gasteiger charge is 2.25. The molecule has 1 N–H and O–H groups in total. The Labute approximate surface area is 130 Å². The summed E-state index contributed by atoms with van der Waals surface area (Å²) in [5.74, 6) is -0.533. The van der Waals surface area contributed by atoms with Gasteiger partial charge in [0.2, 0.25) is 0 Å². The average Bonchev–Trinajstić information content (AvgIpc) is 2.60. The highest BCUT2D eigenvalue weighted by Crippen LogP contribution is 2.30. The van der Waals surface area contributed by atoms with Crippen molar-refractivity contribution in [3.8, 4) is 0 Å². The molecular formula is C20H18O2. The standard InChI is InChI=1S/C20H18O2/c1-14(19(21)16-9-3-2-4-10-16)20(22)18-13-7-11-15-8-5-6-12-17(15)18/h2-14,20,22H,1H3. The van der Waals surface area contributed by atoms with E-state index in [1.807, 2.05) is 60.7 Å². The number of Topliss-reactive ketones (excluding diaryl/α,β-unsaturated/α-hetero) is 1. The van der Waals surface area contributed by atoms with E-state index in [-0.39, 0.29) is 5.78 Å². The Bertz CT molecular complexity index is 788. The minimum Gasteiger partial charge on any atom is -0.388 e. The molecule has 2 unspecified atom stereocenters. The van der Waals surface area contributed by atoms with Crippen LogP contribution in [-0.4, -0.2) is 10.9 Å². The Hall–Kier alpha value is -2.45. The highest BCUT2D eigenvalue weighted by atomic mass is 16.3. The number of carbonyl (C=O) groups excluding carboxylic acids is 1. The van der Waals surface area contributed by atoms with E-state index in [0.29, 0.717) is 5.56 Å². The average molecular weight is 290 g/mol. The first kappa shape index (κ1) is 14.5. The molecule has 0 saturated carbocycles. The van der Waals surface area contributed by atoms with E-state index in [4.69, 9.17) is 0 Å². The molecule has 22 heavy (non-hydrogen) atoms. The third kappa shape index (κ3) is 2.66. The van der Waals surface area contributed by atoms with Crippen LogP contribution < -0.4 is 0 Å². The molecule has 0 aliphatic carbocycles. The second-order valence-corrected chi connectivity index (χ2v) is 5.53. The summed E-state index contributed by atoms with van der Waals surface area (Å²) in [4.78, 5) is 12.5. The van der Waals surface area contributed by atoms with Gasteiger partial charge in [-0.15, -0.1) is 0 Å². The van der Waals surface area contributed by atoms with Gasteiger partial charge in [0.05, 0.1) is 6.10 Å². The van der Waals surface area contributed by atoms with Gasteiger partial charge in [-0.3, -0.25) is 4.79 Å². The zero-order valence-corrected chi connectivity index (χ0v) is 12.4. The largest absolute Gasteiger partial charge is 0.388 e. The number of benzene rings is 3. The number of carbonyl (C=O) groups is 1. The van der Waals surface area contributed by atoms with Gasteiger partial charge in [-0.2, -0.15) is 0 Å². The Morgan fingerprint density at radius 3 is 2.27 bits per heavy atom. The first-order valence-electron chi connectivity index (χ1n) is 7.43. The molecule has 2 heteroatoms. The lowest BCUT2D eigenvalue weighted by molar-refractivity contribution is 0.0717. The van der Waals surface area contributed by atoms with Crippen molar-refractivity contribution in [1.82, 2.24) is 0 Å². The van der Waals surface area contributed by atoms with Gasteiger partial charge in [0.1, 0.15) is 0 Å². The van der Waals surface area contributed by atoms with Crippen LogP contribution in [0, 0.1) is 5.92 Å². The van der Waals surface area contributed by atoms with Gasteiger partial charge < -0.3 is 5.11 Å². The Morgan fingerprint density at radius 2 is 1.50 bits per heavy atom. The molecule has 0 amide bonds. The molecular weight excluding hydrogens is 272 g/mol. The molecule has 0 aliphatic rings. The molecule has 0 bridgehead atoms. The summed E-state index contributed by atoms with van der Waals surface area (Å²) in [7, 11) is 0. The van der Waals surface area contributed by atoms with E-state index in [0.717, 1.165) is 16.3 Å². The fraction of sp³-hybridized carbons (Fsp3) is 0.150. The third-order valence-corrected chi connectivity index (χ3v) is 4.09. The van der Waals surface area contributed by atoms with Crippen LogP contribution in [0.1, 0.15) is 28.9 Å². The quantitative estimate of drug-likeness (QED) is 0.723. The van der Waals surface area contributed by atoms with E-state index in [9.17, 15) is 9.90 Å². The van der Waals surface area contributed by atoms with E-state index in [2.05, 4.69) is 0 Å². The molecule has 110 valence electrons. The summed E-state index contributed by atoms with van der Waals surface area (Å²) in [6.45, 7) is 1.78. The van der Waals surface area contributed by atoms with Gasteiger partial charge in [0, 0.05) is 11.5 Å². The molecule has 3 aromatic carbocycles. The maximum atomic E-state index is 12.5. The normalized spacial score (nSPS) is 13.7. The second kappa shape index (κ2) is 6.12. The van der Waals surface area contributed by atoms with Crippen LogP contribution in [0.25, 0.3) is 10.8 Å². The lowest BCUT2D eigenvalue weighted by atomic mass is 9.88. The zero-order chi connectivity index (χ0) is 15.5. The van der Waals surface area contributed by atoms with E-state index in [1.54, 1.807) is 19.1 Å². The van der Waals surface area contributed by atoms with Crippen LogP contribution in [-0.2, 0) is 0 Å². The van der Waals surface area contributed by atoms with Gasteiger partial charge in [0.25, 0.3) is 0 Å². The topological polar surface area (TPSA) is 37.3 Å². The summed E-state index contributed by atoms with van der Waals surface area (Å²) >= 11 is 0. The first-order valence-corrected chi connectivity index (χ1v) is 7.43. The van der Waals surface area contributed by atoms with Crippen LogP contribution in [0.15, 0.2) is 72.8 Å². The molecule has 0 aromatic heterocycles. The van der Waals surface area contributed by atoms with E-state index < -0.39 is 12.0 Å². The molecule has 0 heterocycles. The van der Waals surface area contributed by atoms with Gasteiger partial charge >= 0.3 is 0 Å². The van der Waals surface area contributed by atoms with Gasteiger partial charge in [-0.1, -0.05) is 79.7 Å². The zero-order valence-electron chi connectivity index (χ0n) is 12.4. The van der Waals surface area contributed by atoms with Crippen molar-refractivity contribution in [1.29, 1.82) is 0 Å². The van der Waals surface area contributed by atoms with Gasteiger partial charge in [-0.25, -0.2) is 0 Å². The number of rotatable bonds is 4. The van der Waals surface area contributed by atoms with E-state index >= 15 is 0 Å². The summed E-state index contributed by atoms with van der Waals surface area (Å²) in [5.41, 5.74) is 1.43. The maximum absolute atomic E-state index is 12.5. The Morgan fingerprint density at radius 1 is 0.864 bits per heavy atom. The number of hydrogen-bond acceptors (Lipinski definition) is 2. The third-order valence-electron chi connectivity index (χ3n) is 4.09. The van der Waals surface area contributed by atoms with Gasteiger partial charge in [0.15, 0.2) is 5.78 Å². The van der Waals surface area contributed by atoms with Crippen molar-refractivity contribution in [2.24, 2.45) is 5.92 Å². The number of aliphatic hydroxyl groups is 1. The molecule has 0 spiro atoms. The lowest BCUT2D eigenvalue weighted by Crippen LogP contribution is -2.19. The van der Waals surface area contributed by atoms with Crippen LogP contribution in [0.2, 0.25) is 0 Å². The molecule has 2 nitrogen and oxygen atoms in total. The van der Waals surface area contributed by atoms with Crippen LogP contribution in [0.3, 0.4) is 0 Å². The Kier molecular flexibility index (Phi) is 4.03. The number of hydrogen-bond donors (Lipinski definition) is 1. The molecule has 2 atom stereocenters. The monoisotopic (exact) mass is 290 g/mol. The van der Waals surface area contributed by atoms with Crippen LogP contribution in [0.5, 0.6) is 0 Å². The molecule has 0 aliphatic heterocycles. The summed E-state index contributed by atoms with van der Waals surface area (Å²) in [5, 5.41) is 12.8. The first-order chi connectivity index (χ1) is 10.7. The summed E-state index contributed by atoms with van der Waals surface area (Å²) in [6, 6.07) is 22.8. The van der Waals surface area contributed by atoms with E-state index in [1.165, 1.54) is 0 Å². The highest BCUT2D eigenvalue weighted by molar-refractivity contribution is 5.98. The fourth-order valence-electron chi connectivity index (χ4n) is 2.79. The minimum absolute atomic E-state index is 0.0407. The number of fused-ring (bicyclic) bond motifs is 1. The van der Waals surface area contributed by atoms with Crippen molar-refractivity contribution in [3.63, 3.8) is 0 Å². The molecule has 0 fully saturated rings. The molecule has 3 aromatic rings. The Balaban J connectivity index is 1.95. The second-order valence-electron chi connectivity index (χ2n) is 5.53. The summed E-state index contributed by atoms with van der Waals surface area (Å²) < 4.78 is 0. The molecule has 3 rings (SSSR count). The van der Waals surface area contributed by atoms with Gasteiger partial charge in [-0.05, 0) is 16.3 Å². The van der Waals surface area contributed by atoms with Crippen molar-refractivity contribution in [2.75, 3.05) is 0 Å². The van der Waals surface area contributed by atoms with Crippen LogP contribution >= 0.6 is 0 Å². The summed E-state index contributed by atoms with van der Waals surface area (Å²) in [6.07, 6.45) is -0.821. The van der Waals surface area contributed by atoms with Crippen molar-refractivity contribution in [2.45, 2.75) is 13.0 Å². The van der Waals surface area contributed by atoms with Crippen molar-refractivity contribution in [3.05, 3.63) is 83.9 Å². The predicted octanol–water partition coefficient (Wildman–Crippen LogP) is 4.39. The number of ketones is 1. The SMILES string of the molecule is CC(C(=O)c1ccccc1)C(O)c1cccc2ccccc12. The van der Waals surface area contributed by atoms with Crippen molar-refractivity contribution < 1.29 is 9.90 Å². The fourth-order valence-corrected chi connectivity index (χ4v) is 2.79. The smallest absolute Gasteiger partial charge is 0.168 e.